The number of hydrogen-bond donors (Lipinski definition) is 2. The van der Waals surface area contributed by atoms with E-state index in [2.05, 4.69) is 17.2 Å². The molecule has 0 amide bonds. The quantitative estimate of drug-likeness (QED) is 0.878. The smallest absolute Gasteiger partial charge is 0.223 e. The molecule has 0 aliphatic heterocycles. The molecule has 3 rings (SSSR count). The number of anilines is 1. The highest BCUT2D eigenvalue weighted by atomic mass is 16.3. The van der Waals surface area contributed by atoms with E-state index in [-0.39, 0.29) is 12.1 Å². The van der Waals surface area contributed by atoms with Crippen LogP contribution in [0.3, 0.4) is 0 Å². The Kier molecular flexibility index (Phi) is 4.73. The van der Waals surface area contributed by atoms with Crippen molar-refractivity contribution in [3.63, 3.8) is 0 Å². The molecule has 0 aromatic carbocycles. The molecular weight excluding hydrogens is 262 g/mol. The lowest BCUT2D eigenvalue weighted by Crippen LogP contribution is -2.35. The highest BCUT2D eigenvalue weighted by Gasteiger charge is 2.22. The molecule has 0 radical (unpaired) electrons. The SMILES string of the molecule is Cc1nc(N[C@H]2CCCCCC[C@@H]2O)nc2c1CCCC2. The molecule has 1 aromatic rings. The third-order valence-corrected chi connectivity index (χ3v) is 4.93. The lowest BCUT2D eigenvalue weighted by atomic mass is 9.94. The number of aryl methyl sites for hydroxylation is 2. The van der Waals surface area contributed by atoms with Crippen LogP contribution < -0.4 is 5.32 Å². The topological polar surface area (TPSA) is 58.0 Å². The predicted molar refractivity (Wildman–Crippen MR) is 84.5 cm³/mol. The van der Waals surface area contributed by atoms with Crippen LogP contribution in [-0.2, 0) is 12.8 Å². The van der Waals surface area contributed by atoms with Crippen molar-refractivity contribution in [2.24, 2.45) is 0 Å². The van der Waals surface area contributed by atoms with Gasteiger partial charge in [-0.25, -0.2) is 9.97 Å². The first kappa shape index (κ1) is 14.8. The van der Waals surface area contributed by atoms with E-state index >= 15 is 0 Å². The lowest BCUT2D eigenvalue weighted by molar-refractivity contribution is 0.128. The van der Waals surface area contributed by atoms with Crippen molar-refractivity contribution < 1.29 is 5.11 Å². The predicted octanol–water partition coefficient (Wildman–Crippen LogP) is 3.16. The zero-order chi connectivity index (χ0) is 14.7. The highest BCUT2D eigenvalue weighted by Crippen LogP contribution is 2.25. The van der Waals surface area contributed by atoms with Gasteiger partial charge in [-0.15, -0.1) is 0 Å². The summed E-state index contributed by atoms with van der Waals surface area (Å²) in [5.41, 5.74) is 3.68. The summed E-state index contributed by atoms with van der Waals surface area (Å²) in [6.07, 6.45) is 11.1. The van der Waals surface area contributed by atoms with Crippen LogP contribution in [0.4, 0.5) is 5.95 Å². The second-order valence-corrected chi connectivity index (χ2v) is 6.57. The largest absolute Gasteiger partial charge is 0.391 e. The van der Waals surface area contributed by atoms with E-state index in [1.807, 2.05) is 0 Å². The minimum Gasteiger partial charge on any atom is -0.391 e. The summed E-state index contributed by atoms with van der Waals surface area (Å²) in [4.78, 5) is 9.36. The minimum absolute atomic E-state index is 0.103. The molecule has 1 fully saturated rings. The Hall–Kier alpha value is -1.16. The summed E-state index contributed by atoms with van der Waals surface area (Å²) in [6.45, 7) is 2.09. The number of aromatic nitrogens is 2. The first-order chi connectivity index (χ1) is 10.2. The highest BCUT2D eigenvalue weighted by molar-refractivity contribution is 5.36. The maximum Gasteiger partial charge on any atom is 0.223 e. The number of hydrogen-bond acceptors (Lipinski definition) is 4. The molecule has 1 heterocycles. The number of fused-ring (bicyclic) bond motifs is 1. The third-order valence-electron chi connectivity index (χ3n) is 4.93. The summed E-state index contributed by atoms with van der Waals surface area (Å²) in [5, 5.41) is 13.7. The maximum atomic E-state index is 10.3. The van der Waals surface area contributed by atoms with Crippen LogP contribution in [0.25, 0.3) is 0 Å². The molecule has 1 saturated carbocycles. The molecule has 4 heteroatoms. The second-order valence-electron chi connectivity index (χ2n) is 6.57. The Balaban J connectivity index is 1.75. The van der Waals surface area contributed by atoms with Gasteiger partial charge < -0.3 is 10.4 Å². The zero-order valence-corrected chi connectivity index (χ0v) is 13.1. The van der Waals surface area contributed by atoms with Crippen LogP contribution in [0, 0.1) is 6.92 Å². The van der Waals surface area contributed by atoms with Crippen molar-refractivity contribution >= 4 is 5.95 Å². The zero-order valence-electron chi connectivity index (χ0n) is 13.1. The monoisotopic (exact) mass is 289 g/mol. The lowest BCUT2D eigenvalue weighted by Gasteiger charge is -2.27. The first-order valence-corrected chi connectivity index (χ1v) is 8.55. The number of nitrogens with zero attached hydrogens (tertiary/aromatic N) is 2. The van der Waals surface area contributed by atoms with Crippen LogP contribution in [0.1, 0.15) is 68.3 Å². The van der Waals surface area contributed by atoms with Gasteiger partial charge in [0.15, 0.2) is 0 Å². The van der Waals surface area contributed by atoms with E-state index in [9.17, 15) is 5.11 Å². The van der Waals surface area contributed by atoms with Gasteiger partial charge in [0.1, 0.15) is 0 Å². The average Bonchev–Trinajstić information content (AvgIpc) is 2.47. The molecule has 21 heavy (non-hydrogen) atoms. The molecule has 2 aliphatic rings. The van der Waals surface area contributed by atoms with Crippen LogP contribution in [-0.4, -0.2) is 27.2 Å². The van der Waals surface area contributed by atoms with Crippen molar-refractivity contribution in [3.8, 4) is 0 Å². The normalized spacial score (nSPS) is 26.6. The molecule has 0 saturated heterocycles. The van der Waals surface area contributed by atoms with Gasteiger partial charge in [0.25, 0.3) is 0 Å². The van der Waals surface area contributed by atoms with Gasteiger partial charge in [0, 0.05) is 11.4 Å². The molecule has 4 nitrogen and oxygen atoms in total. The number of aliphatic hydroxyl groups excluding tert-OH is 1. The van der Waals surface area contributed by atoms with Gasteiger partial charge in [-0.3, -0.25) is 0 Å². The molecular formula is C17H27N3O. The van der Waals surface area contributed by atoms with Gasteiger partial charge in [-0.1, -0.05) is 25.7 Å². The molecule has 2 N–H and O–H groups in total. The Morgan fingerprint density at radius 1 is 0.952 bits per heavy atom. The molecule has 2 aliphatic carbocycles. The van der Waals surface area contributed by atoms with Crippen molar-refractivity contribution in [3.05, 3.63) is 17.0 Å². The van der Waals surface area contributed by atoms with Crippen LogP contribution in [0.2, 0.25) is 0 Å². The molecule has 0 unspecified atom stereocenters. The standard InChI is InChI=1S/C17H27N3O/c1-12-13-8-6-7-9-14(13)19-17(18-12)20-15-10-4-2-3-5-11-16(15)21/h15-16,21H,2-11H2,1H3,(H,18,19,20)/t15-,16-/m0/s1. The van der Waals surface area contributed by atoms with Crippen LogP contribution in [0.15, 0.2) is 0 Å². The van der Waals surface area contributed by atoms with Gasteiger partial charge in [-0.05, 0) is 51.0 Å². The molecule has 1 aromatic heterocycles. The first-order valence-electron chi connectivity index (χ1n) is 8.55. The van der Waals surface area contributed by atoms with E-state index in [0.717, 1.165) is 43.7 Å². The number of rotatable bonds is 2. The van der Waals surface area contributed by atoms with Crippen molar-refractivity contribution in [2.45, 2.75) is 83.3 Å². The molecule has 116 valence electrons. The molecule has 2 atom stereocenters. The van der Waals surface area contributed by atoms with Gasteiger partial charge in [0.2, 0.25) is 5.95 Å². The fourth-order valence-corrected chi connectivity index (χ4v) is 3.65. The Morgan fingerprint density at radius 2 is 1.71 bits per heavy atom. The van der Waals surface area contributed by atoms with Crippen molar-refractivity contribution in [1.29, 1.82) is 0 Å². The minimum atomic E-state index is -0.273. The van der Waals surface area contributed by atoms with Gasteiger partial charge >= 0.3 is 0 Å². The Bertz CT molecular complexity index is 489. The van der Waals surface area contributed by atoms with E-state index in [1.165, 1.54) is 43.4 Å². The van der Waals surface area contributed by atoms with Crippen LogP contribution >= 0.6 is 0 Å². The average molecular weight is 289 g/mol. The molecule has 0 spiro atoms. The fraction of sp³-hybridized carbons (Fsp3) is 0.765. The van der Waals surface area contributed by atoms with Gasteiger partial charge in [-0.2, -0.15) is 0 Å². The van der Waals surface area contributed by atoms with E-state index in [1.54, 1.807) is 0 Å². The maximum absolute atomic E-state index is 10.3. The van der Waals surface area contributed by atoms with Crippen molar-refractivity contribution in [1.82, 2.24) is 9.97 Å². The van der Waals surface area contributed by atoms with Gasteiger partial charge in [0.05, 0.1) is 12.1 Å². The second kappa shape index (κ2) is 6.73. The summed E-state index contributed by atoms with van der Waals surface area (Å²) >= 11 is 0. The van der Waals surface area contributed by atoms with Crippen LogP contribution in [0.5, 0.6) is 0 Å². The Labute approximate surface area is 127 Å². The number of nitrogens with one attached hydrogen (secondary N) is 1. The summed E-state index contributed by atoms with van der Waals surface area (Å²) < 4.78 is 0. The van der Waals surface area contributed by atoms with E-state index < -0.39 is 0 Å². The number of aliphatic hydroxyl groups is 1. The molecule has 0 bridgehead atoms. The summed E-state index contributed by atoms with van der Waals surface area (Å²) in [5.74, 6) is 0.720. The van der Waals surface area contributed by atoms with E-state index in [4.69, 9.17) is 4.98 Å². The summed E-state index contributed by atoms with van der Waals surface area (Å²) in [7, 11) is 0. The fourth-order valence-electron chi connectivity index (χ4n) is 3.65. The third kappa shape index (κ3) is 3.54. The van der Waals surface area contributed by atoms with Crippen molar-refractivity contribution in [2.75, 3.05) is 5.32 Å². The Morgan fingerprint density at radius 3 is 2.57 bits per heavy atom. The summed E-state index contributed by atoms with van der Waals surface area (Å²) in [6, 6.07) is 0.103. The van der Waals surface area contributed by atoms with E-state index in [0.29, 0.717) is 0 Å².